The average Bonchev–Trinajstić information content (AvgIpc) is 3.38. The van der Waals surface area contributed by atoms with Crippen LogP contribution in [0.25, 0.3) is 27.7 Å². The van der Waals surface area contributed by atoms with Crippen molar-refractivity contribution in [3.05, 3.63) is 83.3 Å². The molecule has 1 aromatic heterocycles. The Morgan fingerprint density at radius 2 is 1.67 bits per heavy atom. The van der Waals surface area contributed by atoms with Crippen LogP contribution in [0.2, 0.25) is 0 Å². The SMILES string of the molecule is CN1CCN(CC(C)(C)c2c(-c3ccc(F)c(F)c3)c3cc(F)cc(O)c3n2-c2ccc(C(=O)O)cc2)C1=O. The van der Waals surface area contributed by atoms with E-state index < -0.39 is 34.6 Å². The van der Waals surface area contributed by atoms with Crippen LogP contribution in [-0.2, 0) is 5.41 Å². The van der Waals surface area contributed by atoms with Gasteiger partial charge in [0.25, 0.3) is 0 Å². The molecule has 2 amide bonds. The van der Waals surface area contributed by atoms with Gasteiger partial charge in [-0.15, -0.1) is 0 Å². The minimum absolute atomic E-state index is 0.0396. The molecule has 7 nitrogen and oxygen atoms in total. The van der Waals surface area contributed by atoms with Gasteiger partial charge in [-0.05, 0) is 48.0 Å². The average molecular weight is 538 g/mol. The molecule has 3 aromatic carbocycles. The molecule has 1 fully saturated rings. The predicted octanol–water partition coefficient (Wildman–Crippen LogP) is 5.76. The van der Waals surface area contributed by atoms with E-state index in [1.807, 2.05) is 13.8 Å². The second-order valence-electron chi connectivity index (χ2n) is 10.4. The van der Waals surface area contributed by atoms with Crippen LogP contribution >= 0.6 is 0 Å². The molecule has 5 rings (SSSR count). The van der Waals surface area contributed by atoms with Gasteiger partial charge in [0, 0.05) is 60.5 Å². The fourth-order valence-electron chi connectivity index (χ4n) is 5.36. The molecular formula is C29H26F3N3O4. The van der Waals surface area contributed by atoms with E-state index in [1.54, 1.807) is 33.5 Å². The number of carbonyl (C=O) groups excluding carboxylic acids is 1. The Balaban J connectivity index is 1.87. The highest BCUT2D eigenvalue weighted by atomic mass is 19.2. The number of phenols is 1. The van der Waals surface area contributed by atoms with E-state index in [-0.39, 0.29) is 34.6 Å². The molecule has 39 heavy (non-hydrogen) atoms. The fraction of sp³-hybridized carbons (Fsp3) is 0.241. The summed E-state index contributed by atoms with van der Waals surface area (Å²) in [6.45, 7) is 4.97. The number of urea groups is 1. The molecule has 1 saturated heterocycles. The van der Waals surface area contributed by atoms with Crippen molar-refractivity contribution in [1.29, 1.82) is 0 Å². The van der Waals surface area contributed by atoms with Crippen molar-refractivity contribution in [1.82, 2.24) is 14.4 Å². The number of nitrogens with zero attached hydrogens (tertiary/aromatic N) is 3. The van der Waals surface area contributed by atoms with Crippen LogP contribution in [0.5, 0.6) is 5.75 Å². The number of aromatic carboxylic acids is 1. The quantitative estimate of drug-likeness (QED) is 0.327. The van der Waals surface area contributed by atoms with Crippen molar-refractivity contribution in [2.24, 2.45) is 0 Å². The lowest BCUT2D eigenvalue weighted by molar-refractivity contribution is 0.0697. The van der Waals surface area contributed by atoms with E-state index in [2.05, 4.69) is 0 Å². The number of amides is 2. The van der Waals surface area contributed by atoms with E-state index in [0.29, 0.717) is 30.0 Å². The third-order valence-corrected chi connectivity index (χ3v) is 7.12. The molecule has 10 heteroatoms. The molecule has 1 aliphatic rings. The Hall–Kier alpha value is -4.47. The molecule has 0 radical (unpaired) electrons. The maximum atomic E-state index is 14.7. The van der Waals surface area contributed by atoms with Gasteiger partial charge in [0.05, 0.1) is 11.1 Å². The second kappa shape index (κ2) is 9.37. The van der Waals surface area contributed by atoms with E-state index >= 15 is 0 Å². The molecule has 1 aliphatic heterocycles. The smallest absolute Gasteiger partial charge is 0.335 e. The lowest BCUT2D eigenvalue weighted by Gasteiger charge is -2.33. The molecule has 4 aromatic rings. The summed E-state index contributed by atoms with van der Waals surface area (Å²) in [6, 6.07) is 11.3. The van der Waals surface area contributed by atoms with Crippen molar-refractivity contribution in [3.63, 3.8) is 0 Å². The molecule has 202 valence electrons. The van der Waals surface area contributed by atoms with Crippen molar-refractivity contribution in [2.45, 2.75) is 19.3 Å². The third kappa shape index (κ3) is 4.45. The number of hydrogen-bond donors (Lipinski definition) is 2. The van der Waals surface area contributed by atoms with Crippen LogP contribution in [0, 0.1) is 17.5 Å². The van der Waals surface area contributed by atoms with Gasteiger partial charge in [-0.3, -0.25) is 0 Å². The topological polar surface area (TPSA) is 86.0 Å². The van der Waals surface area contributed by atoms with Gasteiger partial charge in [-0.1, -0.05) is 19.9 Å². The number of aromatic hydroxyl groups is 1. The highest BCUT2D eigenvalue weighted by Crippen LogP contribution is 2.46. The first-order valence-electron chi connectivity index (χ1n) is 12.3. The minimum Gasteiger partial charge on any atom is -0.506 e. The minimum atomic E-state index is -1.12. The number of benzene rings is 3. The van der Waals surface area contributed by atoms with Crippen molar-refractivity contribution < 1.29 is 33.0 Å². The maximum Gasteiger partial charge on any atom is 0.335 e. The normalized spacial score (nSPS) is 14.1. The van der Waals surface area contributed by atoms with Gasteiger partial charge in [-0.25, -0.2) is 22.8 Å². The van der Waals surface area contributed by atoms with Gasteiger partial charge in [-0.2, -0.15) is 0 Å². The first-order valence-corrected chi connectivity index (χ1v) is 12.3. The standard InChI is InChI=1S/C29H26F3N3O4/c1-29(2,15-34-11-10-33(3)28(34)39)26-24(17-6-9-21(31)22(32)12-17)20-13-18(30)14-23(36)25(20)35(26)19-7-4-16(5-8-19)27(37)38/h4-9,12-14,36H,10-11,15H2,1-3H3,(H,37,38). The number of carboxylic acid groups (broad SMARTS) is 1. The molecule has 2 N–H and O–H groups in total. The number of rotatable bonds is 6. The number of phenolic OH excluding ortho intramolecular Hbond substituents is 1. The molecule has 0 spiro atoms. The van der Waals surface area contributed by atoms with Gasteiger partial charge < -0.3 is 24.6 Å². The first-order chi connectivity index (χ1) is 18.4. The van der Waals surface area contributed by atoms with Gasteiger partial charge in [0.2, 0.25) is 0 Å². The van der Waals surface area contributed by atoms with Gasteiger partial charge in [0.1, 0.15) is 11.6 Å². The largest absolute Gasteiger partial charge is 0.506 e. The summed E-state index contributed by atoms with van der Waals surface area (Å²) in [6.07, 6.45) is 0. The molecule has 0 aliphatic carbocycles. The lowest BCUT2D eigenvalue weighted by atomic mass is 9.83. The Morgan fingerprint density at radius 1 is 0.974 bits per heavy atom. The summed E-state index contributed by atoms with van der Waals surface area (Å²) in [7, 11) is 1.70. The Labute approximate surface area is 222 Å². The number of hydrogen-bond acceptors (Lipinski definition) is 3. The molecule has 0 atom stereocenters. The molecular weight excluding hydrogens is 511 g/mol. The Morgan fingerprint density at radius 3 is 2.26 bits per heavy atom. The fourth-order valence-corrected chi connectivity index (χ4v) is 5.36. The lowest BCUT2D eigenvalue weighted by Crippen LogP contribution is -2.40. The zero-order valence-electron chi connectivity index (χ0n) is 21.5. The number of fused-ring (bicyclic) bond motifs is 1. The molecule has 2 heterocycles. The highest BCUT2D eigenvalue weighted by Gasteiger charge is 2.38. The summed E-state index contributed by atoms with van der Waals surface area (Å²) in [5, 5.41) is 20.6. The monoisotopic (exact) mass is 537 g/mol. The summed E-state index contributed by atoms with van der Waals surface area (Å²) in [5.41, 5.74) is 0.909. The molecule has 0 unspecified atom stereocenters. The second-order valence-corrected chi connectivity index (χ2v) is 10.4. The third-order valence-electron chi connectivity index (χ3n) is 7.12. The van der Waals surface area contributed by atoms with Crippen LogP contribution in [-0.4, -0.2) is 63.3 Å². The number of carbonyl (C=O) groups is 2. The van der Waals surface area contributed by atoms with Crippen molar-refractivity contribution in [2.75, 3.05) is 26.7 Å². The zero-order chi connectivity index (χ0) is 28.2. The van der Waals surface area contributed by atoms with Crippen LogP contribution in [0.4, 0.5) is 18.0 Å². The van der Waals surface area contributed by atoms with Gasteiger partial charge >= 0.3 is 12.0 Å². The van der Waals surface area contributed by atoms with Crippen LogP contribution < -0.4 is 0 Å². The maximum absolute atomic E-state index is 14.7. The summed E-state index contributed by atoms with van der Waals surface area (Å²) >= 11 is 0. The van der Waals surface area contributed by atoms with Crippen molar-refractivity contribution >= 4 is 22.9 Å². The van der Waals surface area contributed by atoms with E-state index in [1.165, 1.54) is 24.3 Å². The summed E-state index contributed by atoms with van der Waals surface area (Å²) < 4.78 is 44.8. The number of aromatic nitrogens is 1. The van der Waals surface area contributed by atoms with Gasteiger partial charge in [0.15, 0.2) is 11.6 Å². The zero-order valence-corrected chi connectivity index (χ0v) is 21.5. The number of halogens is 3. The van der Waals surface area contributed by atoms with Crippen LogP contribution in [0.1, 0.15) is 29.9 Å². The molecule has 0 saturated carbocycles. The van der Waals surface area contributed by atoms with E-state index in [4.69, 9.17) is 0 Å². The predicted molar refractivity (Wildman–Crippen MR) is 140 cm³/mol. The van der Waals surface area contributed by atoms with Crippen LogP contribution in [0.3, 0.4) is 0 Å². The Kier molecular flexibility index (Phi) is 6.28. The van der Waals surface area contributed by atoms with E-state index in [9.17, 15) is 33.0 Å². The van der Waals surface area contributed by atoms with E-state index in [0.717, 1.165) is 18.2 Å². The first kappa shape index (κ1) is 26.1. The summed E-state index contributed by atoms with van der Waals surface area (Å²) in [5.74, 6) is -4.39. The van der Waals surface area contributed by atoms with Crippen LogP contribution in [0.15, 0.2) is 54.6 Å². The Bertz CT molecular complexity index is 1630. The molecule has 0 bridgehead atoms. The number of likely N-dealkylation sites (N-methyl/N-ethyl adjacent to an activating group) is 1. The summed E-state index contributed by atoms with van der Waals surface area (Å²) in [4.78, 5) is 27.5. The van der Waals surface area contributed by atoms with Crippen molar-refractivity contribution in [3.8, 4) is 22.6 Å². The highest BCUT2D eigenvalue weighted by molar-refractivity contribution is 6.02. The number of carboxylic acids is 1.